The predicted molar refractivity (Wildman–Crippen MR) is 89.6 cm³/mol. The summed E-state index contributed by atoms with van der Waals surface area (Å²) in [5.74, 6) is 0.730. The minimum atomic E-state index is 0.170. The number of nitrogens with zero attached hydrogens (tertiary/aromatic N) is 2. The maximum Gasteiger partial charge on any atom is 0.0577 e. The van der Waals surface area contributed by atoms with Gasteiger partial charge in [0.15, 0.2) is 0 Å². The van der Waals surface area contributed by atoms with Crippen molar-refractivity contribution in [2.45, 2.75) is 38.1 Å². The van der Waals surface area contributed by atoms with Crippen molar-refractivity contribution in [3.63, 3.8) is 0 Å². The molecule has 3 heteroatoms. The zero-order valence-corrected chi connectivity index (χ0v) is 13.3. The van der Waals surface area contributed by atoms with Crippen molar-refractivity contribution in [2.24, 2.45) is 11.7 Å². The first-order valence-electron chi connectivity index (χ1n) is 8.55. The van der Waals surface area contributed by atoms with E-state index in [-0.39, 0.29) is 5.54 Å². The fourth-order valence-corrected chi connectivity index (χ4v) is 4.30. The zero-order valence-electron chi connectivity index (χ0n) is 13.3. The quantitative estimate of drug-likeness (QED) is 0.873. The van der Waals surface area contributed by atoms with Crippen LogP contribution in [0, 0.1) is 5.92 Å². The number of hydrogen-bond acceptors (Lipinski definition) is 3. The van der Waals surface area contributed by atoms with Crippen LogP contribution in [0.3, 0.4) is 0 Å². The summed E-state index contributed by atoms with van der Waals surface area (Å²) in [7, 11) is 0. The molecule has 116 valence electrons. The Kier molecular flexibility index (Phi) is 4.51. The summed E-state index contributed by atoms with van der Waals surface area (Å²) in [4.78, 5) is 5.27. The van der Waals surface area contributed by atoms with Crippen molar-refractivity contribution in [3.05, 3.63) is 30.3 Å². The number of piperidine rings is 1. The van der Waals surface area contributed by atoms with E-state index >= 15 is 0 Å². The Morgan fingerprint density at radius 1 is 1.29 bits per heavy atom. The van der Waals surface area contributed by atoms with Gasteiger partial charge in [-0.3, -0.25) is 0 Å². The molecule has 2 bridgehead atoms. The molecule has 2 aliphatic heterocycles. The Morgan fingerprint density at radius 3 is 2.81 bits per heavy atom. The number of benzene rings is 1. The predicted octanol–water partition coefficient (Wildman–Crippen LogP) is 2.72. The molecule has 1 aromatic rings. The van der Waals surface area contributed by atoms with Gasteiger partial charge in [0.2, 0.25) is 0 Å². The minimum absolute atomic E-state index is 0.170. The van der Waals surface area contributed by atoms with Gasteiger partial charge in [0.1, 0.15) is 0 Å². The Labute approximate surface area is 129 Å². The van der Waals surface area contributed by atoms with E-state index in [1.165, 1.54) is 51.0 Å². The Hall–Kier alpha value is -1.06. The number of unbranched alkanes of at least 4 members (excludes halogenated alkanes) is 1. The van der Waals surface area contributed by atoms with E-state index in [0.29, 0.717) is 0 Å². The number of fused-ring (bicyclic) bond motifs is 2. The van der Waals surface area contributed by atoms with Gasteiger partial charge < -0.3 is 15.5 Å². The SMILES string of the molecule is CCCCN(c1ccccc1)C1(CN)CCN2CCC1C2. The lowest BCUT2D eigenvalue weighted by Gasteiger charge is -2.51. The van der Waals surface area contributed by atoms with Crippen LogP contribution >= 0.6 is 0 Å². The molecular weight excluding hydrogens is 258 g/mol. The van der Waals surface area contributed by atoms with Gasteiger partial charge in [0.25, 0.3) is 0 Å². The second kappa shape index (κ2) is 6.37. The molecule has 0 aromatic heterocycles. The number of para-hydroxylation sites is 1. The highest BCUT2D eigenvalue weighted by Crippen LogP contribution is 2.41. The molecule has 2 heterocycles. The van der Waals surface area contributed by atoms with E-state index in [4.69, 9.17) is 5.73 Å². The van der Waals surface area contributed by atoms with E-state index in [2.05, 4.69) is 47.1 Å². The second-order valence-corrected chi connectivity index (χ2v) is 6.68. The highest BCUT2D eigenvalue weighted by atomic mass is 15.3. The molecule has 0 radical (unpaired) electrons. The Morgan fingerprint density at radius 2 is 2.10 bits per heavy atom. The summed E-state index contributed by atoms with van der Waals surface area (Å²) in [6.07, 6.45) is 5.01. The molecule has 3 rings (SSSR count). The summed E-state index contributed by atoms with van der Waals surface area (Å²) in [6, 6.07) is 10.9. The molecule has 2 fully saturated rings. The monoisotopic (exact) mass is 287 g/mol. The van der Waals surface area contributed by atoms with Gasteiger partial charge in [-0.05, 0) is 43.9 Å². The second-order valence-electron chi connectivity index (χ2n) is 6.68. The molecule has 3 nitrogen and oxygen atoms in total. The zero-order chi connectivity index (χ0) is 14.7. The van der Waals surface area contributed by atoms with Crippen molar-refractivity contribution < 1.29 is 0 Å². The van der Waals surface area contributed by atoms with Crippen LogP contribution in [0.2, 0.25) is 0 Å². The molecule has 0 amide bonds. The topological polar surface area (TPSA) is 32.5 Å². The normalized spacial score (nSPS) is 31.3. The van der Waals surface area contributed by atoms with Crippen LogP contribution in [-0.4, -0.2) is 43.2 Å². The first-order chi connectivity index (χ1) is 10.3. The van der Waals surface area contributed by atoms with Crippen LogP contribution in [-0.2, 0) is 0 Å². The summed E-state index contributed by atoms with van der Waals surface area (Å²) >= 11 is 0. The molecule has 1 aromatic carbocycles. The van der Waals surface area contributed by atoms with E-state index in [9.17, 15) is 0 Å². The van der Waals surface area contributed by atoms with E-state index < -0.39 is 0 Å². The first kappa shape index (κ1) is 14.9. The lowest BCUT2D eigenvalue weighted by Crippen LogP contribution is -2.62. The van der Waals surface area contributed by atoms with Crippen LogP contribution in [0.15, 0.2) is 30.3 Å². The van der Waals surface area contributed by atoms with Crippen molar-refractivity contribution >= 4 is 5.69 Å². The fraction of sp³-hybridized carbons (Fsp3) is 0.667. The summed E-state index contributed by atoms with van der Waals surface area (Å²) in [6.45, 7) is 7.91. The molecule has 3 atom stereocenters. The van der Waals surface area contributed by atoms with Gasteiger partial charge in [-0.1, -0.05) is 31.5 Å². The summed E-state index contributed by atoms with van der Waals surface area (Å²) in [5, 5.41) is 0. The molecular formula is C18H29N3. The molecule has 0 spiro atoms. The third kappa shape index (κ3) is 2.69. The average Bonchev–Trinajstić information content (AvgIpc) is 2.95. The highest BCUT2D eigenvalue weighted by molar-refractivity contribution is 5.50. The smallest absolute Gasteiger partial charge is 0.0577 e. The van der Waals surface area contributed by atoms with Gasteiger partial charge in [-0.25, -0.2) is 0 Å². The van der Waals surface area contributed by atoms with Crippen molar-refractivity contribution in [3.8, 4) is 0 Å². The molecule has 3 unspecified atom stereocenters. The van der Waals surface area contributed by atoms with Gasteiger partial charge >= 0.3 is 0 Å². The van der Waals surface area contributed by atoms with E-state index in [0.717, 1.165) is 19.0 Å². The minimum Gasteiger partial charge on any atom is -0.364 e. The maximum atomic E-state index is 6.37. The summed E-state index contributed by atoms with van der Waals surface area (Å²) in [5.41, 5.74) is 7.90. The fourth-order valence-electron chi connectivity index (χ4n) is 4.30. The van der Waals surface area contributed by atoms with Gasteiger partial charge in [0.05, 0.1) is 5.54 Å². The molecule has 2 N–H and O–H groups in total. The first-order valence-corrected chi connectivity index (χ1v) is 8.55. The lowest BCUT2D eigenvalue weighted by molar-refractivity contribution is 0.162. The molecule has 2 saturated heterocycles. The lowest BCUT2D eigenvalue weighted by atomic mass is 9.76. The van der Waals surface area contributed by atoms with E-state index in [1.807, 2.05) is 0 Å². The van der Waals surface area contributed by atoms with Crippen molar-refractivity contribution in [2.75, 3.05) is 37.6 Å². The highest BCUT2D eigenvalue weighted by Gasteiger charge is 2.48. The molecule has 21 heavy (non-hydrogen) atoms. The number of rotatable bonds is 6. The number of nitrogens with two attached hydrogens (primary N) is 1. The van der Waals surface area contributed by atoms with Gasteiger partial charge in [-0.15, -0.1) is 0 Å². The van der Waals surface area contributed by atoms with Crippen molar-refractivity contribution in [1.82, 2.24) is 4.90 Å². The van der Waals surface area contributed by atoms with Crippen LogP contribution < -0.4 is 10.6 Å². The van der Waals surface area contributed by atoms with Crippen LogP contribution in [0.5, 0.6) is 0 Å². The van der Waals surface area contributed by atoms with Crippen LogP contribution in [0.1, 0.15) is 32.6 Å². The van der Waals surface area contributed by atoms with Crippen LogP contribution in [0.4, 0.5) is 5.69 Å². The average molecular weight is 287 g/mol. The molecule has 0 aliphatic carbocycles. The van der Waals surface area contributed by atoms with E-state index in [1.54, 1.807) is 0 Å². The third-order valence-electron chi connectivity index (χ3n) is 5.59. The largest absolute Gasteiger partial charge is 0.364 e. The standard InChI is InChI=1S/C18H29N3/c1-2-3-11-21(17-7-5-4-6-8-17)18(15-19)10-13-20-12-9-16(18)14-20/h4-8,16H,2-3,9-15,19H2,1H3. The van der Waals surface area contributed by atoms with Gasteiger partial charge in [-0.2, -0.15) is 0 Å². The maximum absolute atomic E-state index is 6.37. The molecule has 2 aliphatic rings. The Bertz CT molecular complexity index is 447. The third-order valence-corrected chi connectivity index (χ3v) is 5.59. The Balaban J connectivity index is 1.92. The number of anilines is 1. The van der Waals surface area contributed by atoms with Gasteiger partial charge in [0, 0.05) is 31.9 Å². The van der Waals surface area contributed by atoms with Crippen LogP contribution in [0.25, 0.3) is 0 Å². The summed E-state index contributed by atoms with van der Waals surface area (Å²) < 4.78 is 0. The number of hydrogen-bond donors (Lipinski definition) is 1. The molecule has 0 saturated carbocycles. The van der Waals surface area contributed by atoms with Crippen molar-refractivity contribution in [1.29, 1.82) is 0 Å².